The van der Waals surface area contributed by atoms with Crippen LogP contribution in [0.5, 0.6) is 5.75 Å². The predicted molar refractivity (Wildman–Crippen MR) is 104 cm³/mol. The summed E-state index contributed by atoms with van der Waals surface area (Å²) in [6.07, 6.45) is 2.63. The molecule has 0 unspecified atom stereocenters. The summed E-state index contributed by atoms with van der Waals surface area (Å²) in [5.41, 5.74) is 1.82. The fourth-order valence-electron chi connectivity index (χ4n) is 2.63. The van der Waals surface area contributed by atoms with Crippen LogP contribution in [0.1, 0.15) is 5.56 Å². The van der Waals surface area contributed by atoms with E-state index in [-0.39, 0.29) is 6.42 Å². The molecule has 3 rings (SSSR count). The van der Waals surface area contributed by atoms with Crippen LogP contribution in [0, 0.1) is 0 Å². The Morgan fingerprint density at radius 2 is 1.79 bits per heavy atom. The molecular weight excluding hydrogens is 378 g/mol. The summed E-state index contributed by atoms with van der Waals surface area (Å²) in [7, 11) is 1.47. The van der Waals surface area contributed by atoms with Gasteiger partial charge in [0.25, 0.3) is 0 Å². The summed E-state index contributed by atoms with van der Waals surface area (Å²) in [6, 6.07) is 11.1. The number of nitrogens with one attached hydrogen (secondary N) is 2. The molecule has 148 valence electrons. The van der Waals surface area contributed by atoms with Gasteiger partial charge in [0.15, 0.2) is 12.2 Å². The first-order valence-corrected chi connectivity index (χ1v) is 8.46. The van der Waals surface area contributed by atoms with Gasteiger partial charge in [-0.25, -0.2) is 4.98 Å². The number of benzene rings is 2. The quantitative estimate of drug-likeness (QED) is 0.547. The molecule has 29 heavy (non-hydrogen) atoms. The average Bonchev–Trinajstić information content (AvgIpc) is 3.22. The zero-order chi connectivity index (χ0) is 20.8. The van der Waals surface area contributed by atoms with Crippen LogP contribution in [0.15, 0.2) is 59.5 Å². The molecule has 0 atom stereocenters. The third-order valence-electron chi connectivity index (χ3n) is 3.90. The van der Waals surface area contributed by atoms with E-state index in [9.17, 15) is 14.4 Å². The van der Waals surface area contributed by atoms with Gasteiger partial charge in [0, 0.05) is 17.4 Å². The minimum Gasteiger partial charge on any atom is -0.496 e. The van der Waals surface area contributed by atoms with Crippen molar-refractivity contribution < 1.29 is 28.6 Å². The highest BCUT2D eigenvalue weighted by atomic mass is 16.5. The van der Waals surface area contributed by atoms with E-state index < -0.39 is 17.8 Å². The molecule has 0 spiro atoms. The fourth-order valence-corrected chi connectivity index (χ4v) is 2.63. The molecule has 2 amide bonds. The number of methoxy groups -OCH3 is 1. The van der Waals surface area contributed by atoms with E-state index in [0.717, 1.165) is 0 Å². The summed E-state index contributed by atoms with van der Waals surface area (Å²) in [6.45, 7) is 0. The summed E-state index contributed by atoms with van der Waals surface area (Å²) >= 11 is 0. The second-order valence-electron chi connectivity index (χ2n) is 5.96. The van der Waals surface area contributed by atoms with Crippen LogP contribution >= 0.6 is 0 Å². The molecule has 9 heteroatoms. The third-order valence-corrected chi connectivity index (χ3v) is 3.90. The normalized spacial score (nSPS) is 10.2. The number of carbonyl (C=O) groups is 3. The predicted octanol–water partition coefficient (Wildman–Crippen LogP) is 2.55. The first-order valence-electron chi connectivity index (χ1n) is 8.46. The molecule has 1 aromatic heterocycles. The summed E-state index contributed by atoms with van der Waals surface area (Å²) in [5.74, 6) is -1.84. The van der Waals surface area contributed by atoms with Crippen LogP contribution in [-0.4, -0.2) is 35.0 Å². The number of amides is 2. The molecular formula is C20H17N3O6. The van der Waals surface area contributed by atoms with Gasteiger partial charge < -0.3 is 24.9 Å². The molecule has 0 saturated carbocycles. The lowest BCUT2D eigenvalue weighted by Crippen LogP contribution is -2.29. The van der Waals surface area contributed by atoms with Gasteiger partial charge in [0.2, 0.25) is 0 Å². The topological polar surface area (TPSA) is 131 Å². The second kappa shape index (κ2) is 8.70. The number of anilines is 2. The SMILES string of the molecule is COc1cc(NC(=O)C(=O)Nc2cccc(CC(=O)O)c2)ccc1-c1cnco1. The van der Waals surface area contributed by atoms with E-state index in [1.807, 2.05) is 0 Å². The van der Waals surface area contributed by atoms with Gasteiger partial charge in [-0.3, -0.25) is 14.4 Å². The van der Waals surface area contributed by atoms with Crippen molar-refractivity contribution in [3.8, 4) is 17.1 Å². The number of rotatable bonds is 6. The number of ether oxygens (including phenoxy) is 1. The fraction of sp³-hybridized carbons (Fsp3) is 0.100. The smallest absolute Gasteiger partial charge is 0.314 e. The van der Waals surface area contributed by atoms with E-state index in [0.29, 0.717) is 34.0 Å². The van der Waals surface area contributed by atoms with Crippen LogP contribution in [0.4, 0.5) is 11.4 Å². The number of aromatic nitrogens is 1. The Morgan fingerprint density at radius 3 is 2.41 bits per heavy atom. The Morgan fingerprint density at radius 1 is 1.07 bits per heavy atom. The zero-order valence-electron chi connectivity index (χ0n) is 15.3. The standard InChI is InChI=1S/C20H17N3O6/c1-28-16-9-14(5-6-15(16)17-10-21-11-29-17)23-20(27)19(26)22-13-4-2-3-12(7-13)8-18(24)25/h2-7,9-11H,8H2,1H3,(H,22,26)(H,23,27)(H,24,25). The first kappa shape index (κ1) is 19.6. The molecule has 1 heterocycles. The molecule has 0 aliphatic heterocycles. The lowest BCUT2D eigenvalue weighted by molar-refractivity contribution is -0.136. The largest absolute Gasteiger partial charge is 0.496 e. The van der Waals surface area contributed by atoms with Crippen LogP contribution in [0.2, 0.25) is 0 Å². The maximum absolute atomic E-state index is 12.2. The minimum absolute atomic E-state index is 0.187. The Labute approximate surface area is 165 Å². The van der Waals surface area contributed by atoms with Crippen LogP contribution in [0.3, 0.4) is 0 Å². The number of carboxylic acid groups (broad SMARTS) is 1. The molecule has 2 aromatic carbocycles. The maximum atomic E-state index is 12.2. The summed E-state index contributed by atoms with van der Waals surface area (Å²) in [5, 5.41) is 13.8. The van der Waals surface area contributed by atoms with Gasteiger partial charge in [-0.2, -0.15) is 0 Å². The number of nitrogens with zero attached hydrogens (tertiary/aromatic N) is 1. The van der Waals surface area contributed by atoms with E-state index in [1.165, 1.54) is 25.8 Å². The van der Waals surface area contributed by atoms with Gasteiger partial charge in [0.05, 0.1) is 25.3 Å². The van der Waals surface area contributed by atoms with Crippen LogP contribution in [0.25, 0.3) is 11.3 Å². The third kappa shape index (κ3) is 4.98. The van der Waals surface area contributed by atoms with Crippen molar-refractivity contribution in [3.05, 3.63) is 60.6 Å². The molecule has 3 N–H and O–H groups in total. The lowest BCUT2D eigenvalue weighted by atomic mass is 10.1. The molecule has 0 bridgehead atoms. The summed E-state index contributed by atoms with van der Waals surface area (Å²) in [4.78, 5) is 39.0. The highest BCUT2D eigenvalue weighted by Gasteiger charge is 2.16. The molecule has 0 saturated heterocycles. The maximum Gasteiger partial charge on any atom is 0.314 e. The van der Waals surface area contributed by atoms with E-state index >= 15 is 0 Å². The summed E-state index contributed by atoms with van der Waals surface area (Å²) < 4.78 is 10.5. The molecule has 3 aromatic rings. The zero-order valence-corrected chi connectivity index (χ0v) is 15.3. The van der Waals surface area contributed by atoms with E-state index in [2.05, 4.69) is 15.6 Å². The Bertz CT molecular complexity index is 1050. The number of carbonyl (C=O) groups excluding carboxylic acids is 2. The number of carboxylic acids is 1. The van der Waals surface area contributed by atoms with Crippen molar-refractivity contribution in [2.45, 2.75) is 6.42 Å². The lowest BCUT2D eigenvalue weighted by Gasteiger charge is -2.10. The Hall–Kier alpha value is -4.14. The highest BCUT2D eigenvalue weighted by Crippen LogP contribution is 2.32. The number of hydrogen-bond acceptors (Lipinski definition) is 6. The van der Waals surface area contributed by atoms with Crippen molar-refractivity contribution in [3.63, 3.8) is 0 Å². The molecule has 0 radical (unpaired) electrons. The average molecular weight is 395 g/mol. The highest BCUT2D eigenvalue weighted by molar-refractivity contribution is 6.43. The Balaban J connectivity index is 1.68. The van der Waals surface area contributed by atoms with Crippen LogP contribution in [-0.2, 0) is 20.8 Å². The van der Waals surface area contributed by atoms with Gasteiger partial charge in [0.1, 0.15) is 5.75 Å². The van der Waals surface area contributed by atoms with Gasteiger partial charge in [-0.05, 0) is 29.8 Å². The number of aliphatic carboxylic acids is 1. The molecule has 0 fully saturated rings. The number of oxazole rings is 1. The monoisotopic (exact) mass is 395 g/mol. The van der Waals surface area contributed by atoms with Crippen molar-refractivity contribution in [1.82, 2.24) is 4.98 Å². The number of hydrogen-bond donors (Lipinski definition) is 3. The molecule has 0 aliphatic rings. The van der Waals surface area contributed by atoms with Crippen LogP contribution < -0.4 is 15.4 Å². The van der Waals surface area contributed by atoms with Crippen molar-refractivity contribution in [2.75, 3.05) is 17.7 Å². The van der Waals surface area contributed by atoms with Crippen molar-refractivity contribution in [1.29, 1.82) is 0 Å². The first-order chi connectivity index (χ1) is 14.0. The molecule has 9 nitrogen and oxygen atoms in total. The van der Waals surface area contributed by atoms with Gasteiger partial charge >= 0.3 is 17.8 Å². The van der Waals surface area contributed by atoms with E-state index in [4.69, 9.17) is 14.3 Å². The van der Waals surface area contributed by atoms with Crippen molar-refractivity contribution >= 4 is 29.2 Å². The molecule has 0 aliphatic carbocycles. The van der Waals surface area contributed by atoms with Crippen molar-refractivity contribution in [2.24, 2.45) is 0 Å². The van der Waals surface area contributed by atoms with Gasteiger partial charge in [-0.1, -0.05) is 12.1 Å². The van der Waals surface area contributed by atoms with Gasteiger partial charge in [-0.15, -0.1) is 0 Å². The second-order valence-corrected chi connectivity index (χ2v) is 5.96. The Kier molecular flexibility index (Phi) is 5.88. The van der Waals surface area contributed by atoms with E-state index in [1.54, 1.807) is 36.4 Å². The minimum atomic E-state index is -0.992.